The predicted octanol–water partition coefficient (Wildman–Crippen LogP) is 2.82. The molecule has 3 heteroatoms. The van der Waals surface area contributed by atoms with Crippen molar-refractivity contribution in [2.24, 2.45) is 0 Å². The molecule has 1 heterocycles. The lowest BCUT2D eigenvalue weighted by molar-refractivity contribution is 0.534. The Morgan fingerprint density at radius 2 is 1.75 bits per heavy atom. The molecule has 1 unspecified atom stereocenters. The molecule has 2 aromatic rings. The lowest BCUT2D eigenvalue weighted by atomic mass is 10.1. The molecule has 0 amide bonds. The third kappa shape index (κ3) is 5.02. The molecule has 2 rings (SSSR count). The fraction of sp³-hybridized carbons (Fsp3) is 0.353. The van der Waals surface area contributed by atoms with E-state index >= 15 is 0 Å². The summed E-state index contributed by atoms with van der Waals surface area (Å²) < 4.78 is 0. The summed E-state index contributed by atoms with van der Waals surface area (Å²) in [7, 11) is 0. The SMILES string of the molecule is CC(Cc1ccc(N)cc1)NCCCc1ccncc1. The van der Waals surface area contributed by atoms with E-state index in [9.17, 15) is 0 Å². The van der Waals surface area contributed by atoms with Crippen LogP contribution >= 0.6 is 0 Å². The first-order chi connectivity index (χ1) is 9.74. The Morgan fingerprint density at radius 1 is 1.05 bits per heavy atom. The van der Waals surface area contributed by atoms with Gasteiger partial charge >= 0.3 is 0 Å². The number of nitrogens with one attached hydrogen (secondary N) is 1. The van der Waals surface area contributed by atoms with Gasteiger partial charge in [-0.15, -0.1) is 0 Å². The Kier molecular flexibility index (Phi) is 5.56. The first-order valence-electron chi connectivity index (χ1n) is 7.21. The summed E-state index contributed by atoms with van der Waals surface area (Å²) in [4.78, 5) is 4.03. The van der Waals surface area contributed by atoms with E-state index < -0.39 is 0 Å². The largest absolute Gasteiger partial charge is 0.399 e. The second kappa shape index (κ2) is 7.65. The van der Waals surface area contributed by atoms with Gasteiger partial charge < -0.3 is 11.1 Å². The highest BCUT2D eigenvalue weighted by atomic mass is 14.9. The monoisotopic (exact) mass is 269 g/mol. The molecule has 0 spiro atoms. The van der Waals surface area contributed by atoms with Crippen molar-refractivity contribution >= 4 is 5.69 Å². The lowest BCUT2D eigenvalue weighted by Crippen LogP contribution is -2.29. The smallest absolute Gasteiger partial charge is 0.0314 e. The topological polar surface area (TPSA) is 50.9 Å². The third-order valence-electron chi connectivity index (χ3n) is 3.41. The highest BCUT2D eigenvalue weighted by molar-refractivity contribution is 5.39. The Morgan fingerprint density at radius 3 is 2.45 bits per heavy atom. The van der Waals surface area contributed by atoms with Gasteiger partial charge in [0, 0.05) is 24.1 Å². The molecule has 0 saturated carbocycles. The second-order valence-corrected chi connectivity index (χ2v) is 5.26. The number of nitrogen functional groups attached to an aromatic ring is 1. The van der Waals surface area contributed by atoms with Gasteiger partial charge in [0.05, 0.1) is 0 Å². The van der Waals surface area contributed by atoms with Gasteiger partial charge in [0.1, 0.15) is 0 Å². The number of hydrogen-bond acceptors (Lipinski definition) is 3. The van der Waals surface area contributed by atoms with Crippen molar-refractivity contribution in [1.82, 2.24) is 10.3 Å². The van der Waals surface area contributed by atoms with Crippen molar-refractivity contribution in [3.63, 3.8) is 0 Å². The van der Waals surface area contributed by atoms with Gasteiger partial charge in [-0.2, -0.15) is 0 Å². The minimum Gasteiger partial charge on any atom is -0.399 e. The van der Waals surface area contributed by atoms with Crippen molar-refractivity contribution in [3.8, 4) is 0 Å². The third-order valence-corrected chi connectivity index (χ3v) is 3.41. The molecule has 1 atom stereocenters. The number of aromatic nitrogens is 1. The van der Waals surface area contributed by atoms with Gasteiger partial charge in [-0.25, -0.2) is 0 Å². The number of nitrogens with two attached hydrogens (primary N) is 1. The fourth-order valence-electron chi connectivity index (χ4n) is 2.27. The predicted molar refractivity (Wildman–Crippen MR) is 84.6 cm³/mol. The Labute approximate surface area is 121 Å². The summed E-state index contributed by atoms with van der Waals surface area (Å²) >= 11 is 0. The van der Waals surface area contributed by atoms with Crippen LogP contribution in [0.2, 0.25) is 0 Å². The first kappa shape index (κ1) is 14.5. The van der Waals surface area contributed by atoms with Crippen molar-refractivity contribution in [2.75, 3.05) is 12.3 Å². The normalized spacial score (nSPS) is 12.2. The maximum atomic E-state index is 5.69. The molecule has 1 aromatic heterocycles. The minimum atomic E-state index is 0.482. The maximum absolute atomic E-state index is 5.69. The van der Waals surface area contributed by atoms with Crippen LogP contribution in [0.3, 0.4) is 0 Å². The van der Waals surface area contributed by atoms with E-state index in [1.165, 1.54) is 11.1 Å². The molecule has 0 fully saturated rings. The van der Waals surface area contributed by atoms with E-state index in [-0.39, 0.29) is 0 Å². The molecule has 0 aliphatic heterocycles. The van der Waals surface area contributed by atoms with Gasteiger partial charge in [-0.3, -0.25) is 4.98 Å². The molecule has 3 nitrogen and oxygen atoms in total. The van der Waals surface area contributed by atoms with Crippen LogP contribution in [0.15, 0.2) is 48.8 Å². The van der Waals surface area contributed by atoms with Crippen molar-refractivity contribution in [3.05, 3.63) is 59.9 Å². The number of aryl methyl sites for hydroxylation is 1. The number of nitrogens with zero attached hydrogens (tertiary/aromatic N) is 1. The molecular formula is C17H23N3. The van der Waals surface area contributed by atoms with E-state index in [4.69, 9.17) is 5.73 Å². The van der Waals surface area contributed by atoms with E-state index in [0.717, 1.165) is 31.5 Å². The molecule has 0 saturated heterocycles. The van der Waals surface area contributed by atoms with Gasteiger partial charge in [-0.1, -0.05) is 12.1 Å². The first-order valence-corrected chi connectivity index (χ1v) is 7.21. The molecule has 106 valence electrons. The summed E-state index contributed by atoms with van der Waals surface area (Å²) in [6.07, 6.45) is 6.99. The van der Waals surface area contributed by atoms with Crippen LogP contribution in [-0.2, 0) is 12.8 Å². The fourth-order valence-corrected chi connectivity index (χ4v) is 2.27. The molecular weight excluding hydrogens is 246 g/mol. The van der Waals surface area contributed by atoms with E-state index in [0.29, 0.717) is 6.04 Å². The number of anilines is 1. The van der Waals surface area contributed by atoms with Crippen molar-refractivity contribution in [2.45, 2.75) is 32.2 Å². The van der Waals surface area contributed by atoms with Crippen LogP contribution in [0, 0.1) is 0 Å². The minimum absolute atomic E-state index is 0.482. The van der Waals surface area contributed by atoms with Crippen LogP contribution in [0.5, 0.6) is 0 Å². The Hall–Kier alpha value is -1.87. The standard InChI is InChI=1S/C17H23N3/c1-14(13-16-4-6-17(18)7-5-16)20-10-2-3-15-8-11-19-12-9-15/h4-9,11-12,14,20H,2-3,10,13,18H2,1H3. The van der Waals surface area contributed by atoms with Gasteiger partial charge in [-0.05, 0) is 68.1 Å². The number of hydrogen-bond donors (Lipinski definition) is 2. The van der Waals surface area contributed by atoms with Crippen LogP contribution < -0.4 is 11.1 Å². The van der Waals surface area contributed by atoms with Gasteiger partial charge in [0.25, 0.3) is 0 Å². The lowest BCUT2D eigenvalue weighted by Gasteiger charge is -2.14. The molecule has 0 radical (unpaired) electrons. The summed E-state index contributed by atoms with van der Waals surface area (Å²) in [5.74, 6) is 0. The van der Waals surface area contributed by atoms with Crippen molar-refractivity contribution < 1.29 is 0 Å². The van der Waals surface area contributed by atoms with Crippen LogP contribution in [0.25, 0.3) is 0 Å². The zero-order valence-corrected chi connectivity index (χ0v) is 12.0. The van der Waals surface area contributed by atoms with E-state index in [1.807, 2.05) is 24.5 Å². The number of benzene rings is 1. The zero-order valence-electron chi connectivity index (χ0n) is 12.0. The van der Waals surface area contributed by atoms with Gasteiger partial charge in [0.2, 0.25) is 0 Å². The van der Waals surface area contributed by atoms with E-state index in [1.54, 1.807) is 0 Å². The molecule has 0 aliphatic carbocycles. The average molecular weight is 269 g/mol. The summed E-state index contributed by atoms with van der Waals surface area (Å²) in [6.45, 7) is 3.27. The van der Waals surface area contributed by atoms with Crippen LogP contribution in [0.1, 0.15) is 24.5 Å². The molecule has 0 aliphatic rings. The highest BCUT2D eigenvalue weighted by Crippen LogP contribution is 2.08. The maximum Gasteiger partial charge on any atom is 0.0314 e. The summed E-state index contributed by atoms with van der Waals surface area (Å²) in [5, 5.41) is 3.57. The molecule has 1 aromatic carbocycles. The molecule has 3 N–H and O–H groups in total. The Bertz CT molecular complexity index is 493. The molecule has 0 bridgehead atoms. The highest BCUT2D eigenvalue weighted by Gasteiger charge is 2.02. The summed E-state index contributed by atoms with van der Waals surface area (Å²) in [6, 6.07) is 12.8. The molecule has 20 heavy (non-hydrogen) atoms. The number of pyridine rings is 1. The number of rotatable bonds is 7. The quantitative estimate of drug-likeness (QED) is 0.600. The summed E-state index contributed by atoms with van der Waals surface area (Å²) in [5.41, 5.74) is 9.20. The van der Waals surface area contributed by atoms with Crippen LogP contribution in [-0.4, -0.2) is 17.6 Å². The van der Waals surface area contributed by atoms with Gasteiger partial charge in [0.15, 0.2) is 0 Å². The average Bonchev–Trinajstić information content (AvgIpc) is 2.47. The Balaban J connectivity index is 1.65. The van der Waals surface area contributed by atoms with Crippen molar-refractivity contribution in [1.29, 1.82) is 0 Å². The zero-order chi connectivity index (χ0) is 14.2. The van der Waals surface area contributed by atoms with Crippen LogP contribution in [0.4, 0.5) is 5.69 Å². The van der Waals surface area contributed by atoms with E-state index in [2.05, 4.69) is 41.5 Å². The second-order valence-electron chi connectivity index (χ2n) is 5.26.